The summed E-state index contributed by atoms with van der Waals surface area (Å²) in [4.78, 5) is 0. The van der Waals surface area contributed by atoms with Gasteiger partial charge in [-0.25, -0.2) is 0 Å². The first-order valence-electron chi connectivity index (χ1n) is 7.32. The van der Waals surface area contributed by atoms with Crippen molar-refractivity contribution >= 4 is 0 Å². The Morgan fingerprint density at radius 3 is 2.58 bits per heavy atom. The van der Waals surface area contributed by atoms with Gasteiger partial charge in [-0.1, -0.05) is 44.7 Å². The number of rotatable bonds is 7. The molecule has 0 aromatic heterocycles. The average Bonchev–Trinajstić information content (AvgIpc) is 3.18. The van der Waals surface area contributed by atoms with Crippen molar-refractivity contribution in [2.75, 3.05) is 7.11 Å². The predicted molar refractivity (Wildman–Crippen MR) is 77.2 cm³/mol. The standard InChI is InChI=1S/C17H23NO/c1-3-4-5-6-7-15-12-17(15,13-18)14-8-10-16(19-2)11-9-14/h8-11,15H,3-7,12H2,1-2H3. The van der Waals surface area contributed by atoms with Crippen LogP contribution in [-0.4, -0.2) is 7.11 Å². The second-order valence-corrected chi connectivity index (χ2v) is 5.56. The summed E-state index contributed by atoms with van der Waals surface area (Å²) in [6.07, 6.45) is 7.37. The van der Waals surface area contributed by atoms with Crippen LogP contribution in [0, 0.1) is 17.2 Å². The molecule has 1 aliphatic rings. The summed E-state index contributed by atoms with van der Waals surface area (Å²) in [5.41, 5.74) is 0.953. The topological polar surface area (TPSA) is 33.0 Å². The van der Waals surface area contributed by atoms with Crippen molar-refractivity contribution in [3.63, 3.8) is 0 Å². The Bertz CT molecular complexity index is 445. The average molecular weight is 257 g/mol. The van der Waals surface area contributed by atoms with Crippen molar-refractivity contribution < 1.29 is 4.74 Å². The SMILES string of the molecule is CCCCCCC1CC1(C#N)c1ccc(OC)cc1. The number of hydrogen-bond acceptors (Lipinski definition) is 2. The highest BCUT2D eigenvalue weighted by molar-refractivity contribution is 5.43. The van der Waals surface area contributed by atoms with Crippen molar-refractivity contribution in [2.45, 2.75) is 50.9 Å². The molecule has 2 heteroatoms. The molecule has 2 atom stereocenters. The summed E-state index contributed by atoms with van der Waals surface area (Å²) in [5, 5.41) is 9.53. The molecule has 2 rings (SSSR count). The Morgan fingerprint density at radius 2 is 2.00 bits per heavy atom. The zero-order valence-electron chi connectivity index (χ0n) is 12.0. The molecular formula is C17H23NO. The van der Waals surface area contributed by atoms with E-state index in [9.17, 15) is 5.26 Å². The van der Waals surface area contributed by atoms with E-state index in [1.165, 1.54) is 32.1 Å². The highest BCUT2D eigenvalue weighted by Gasteiger charge is 2.55. The zero-order valence-corrected chi connectivity index (χ0v) is 12.0. The van der Waals surface area contributed by atoms with Gasteiger partial charge >= 0.3 is 0 Å². The van der Waals surface area contributed by atoms with E-state index in [-0.39, 0.29) is 5.41 Å². The molecule has 19 heavy (non-hydrogen) atoms. The largest absolute Gasteiger partial charge is 0.497 e. The van der Waals surface area contributed by atoms with E-state index in [0.717, 1.165) is 17.7 Å². The van der Waals surface area contributed by atoms with Gasteiger partial charge in [0, 0.05) is 0 Å². The third-order valence-electron chi connectivity index (χ3n) is 4.32. The summed E-state index contributed by atoms with van der Waals surface area (Å²) in [6, 6.07) is 10.6. The zero-order chi connectivity index (χ0) is 13.7. The molecule has 0 spiro atoms. The lowest BCUT2D eigenvalue weighted by molar-refractivity contribution is 0.414. The van der Waals surface area contributed by atoms with Gasteiger partial charge in [-0.05, 0) is 36.5 Å². The Morgan fingerprint density at radius 1 is 1.26 bits per heavy atom. The van der Waals surface area contributed by atoms with E-state index in [1.54, 1.807) is 7.11 Å². The summed E-state index contributed by atoms with van der Waals surface area (Å²) in [7, 11) is 1.67. The number of methoxy groups -OCH3 is 1. The Kier molecular flexibility index (Phi) is 4.47. The second kappa shape index (κ2) is 6.10. The Balaban J connectivity index is 1.95. The lowest BCUT2D eigenvalue weighted by Crippen LogP contribution is -2.07. The first kappa shape index (κ1) is 13.9. The third-order valence-corrected chi connectivity index (χ3v) is 4.32. The van der Waals surface area contributed by atoms with Crippen molar-refractivity contribution in [1.82, 2.24) is 0 Å². The van der Waals surface area contributed by atoms with Crippen LogP contribution >= 0.6 is 0 Å². The van der Waals surface area contributed by atoms with Crippen molar-refractivity contribution in [3.8, 4) is 11.8 Å². The number of nitrogens with zero attached hydrogens (tertiary/aromatic N) is 1. The van der Waals surface area contributed by atoms with Crippen LogP contribution in [0.1, 0.15) is 51.0 Å². The van der Waals surface area contributed by atoms with Gasteiger partial charge in [-0.15, -0.1) is 0 Å². The maximum atomic E-state index is 9.53. The van der Waals surface area contributed by atoms with Crippen molar-refractivity contribution in [1.29, 1.82) is 5.26 Å². The molecule has 1 saturated carbocycles. The van der Waals surface area contributed by atoms with Crippen LogP contribution in [0.2, 0.25) is 0 Å². The second-order valence-electron chi connectivity index (χ2n) is 5.56. The molecule has 0 amide bonds. The van der Waals surface area contributed by atoms with E-state index >= 15 is 0 Å². The van der Waals surface area contributed by atoms with Crippen LogP contribution in [0.5, 0.6) is 5.75 Å². The van der Waals surface area contributed by atoms with E-state index in [1.807, 2.05) is 24.3 Å². The molecule has 0 heterocycles. The molecule has 0 saturated heterocycles. The fourth-order valence-corrected chi connectivity index (χ4v) is 2.94. The quantitative estimate of drug-likeness (QED) is 0.676. The van der Waals surface area contributed by atoms with Gasteiger partial charge in [-0.3, -0.25) is 0 Å². The van der Waals surface area contributed by atoms with Crippen molar-refractivity contribution in [2.24, 2.45) is 5.92 Å². The molecule has 1 aromatic rings. The van der Waals surface area contributed by atoms with Gasteiger partial charge in [0.05, 0.1) is 18.6 Å². The Labute approximate surface area is 116 Å². The fraction of sp³-hybridized carbons (Fsp3) is 0.588. The van der Waals surface area contributed by atoms with E-state index in [2.05, 4.69) is 13.0 Å². The Hall–Kier alpha value is -1.49. The molecular weight excluding hydrogens is 234 g/mol. The normalized spacial score (nSPS) is 24.8. The predicted octanol–water partition coefficient (Wildman–Crippen LogP) is 4.45. The van der Waals surface area contributed by atoms with Crippen LogP contribution < -0.4 is 4.74 Å². The van der Waals surface area contributed by atoms with Gasteiger partial charge in [0.25, 0.3) is 0 Å². The van der Waals surface area contributed by atoms with Crippen molar-refractivity contribution in [3.05, 3.63) is 29.8 Å². The fourth-order valence-electron chi connectivity index (χ4n) is 2.94. The highest BCUT2D eigenvalue weighted by Crippen LogP contribution is 2.56. The summed E-state index contributed by atoms with van der Waals surface area (Å²) in [6.45, 7) is 2.23. The number of hydrogen-bond donors (Lipinski definition) is 0. The van der Waals surface area contributed by atoms with Gasteiger partial charge in [0.15, 0.2) is 0 Å². The molecule has 2 unspecified atom stereocenters. The van der Waals surface area contributed by atoms with Crippen LogP contribution in [0.25, 0.3) is 0 Å². The number of ether oxygens (including phenoxy) is 1. The lowest BCUT2D eigenvalue weighted by atomic mass is 9.93. The number of unbranched alkanes of at least 4 members (excludes halogenated alkanes) is 3. The molecule has 1 aliphatic carbocycles. The summed E-state index contributed by atoms with van der Waals surface area (Å²) in [5.74, 6) is 1.42. The van der Waals surface area contributed by atoms with E-state index < -0.39 is 0 Å². The smallest absolute Gasteiger partial charge is 0.118 e. The van der Waals surface area contributed by atoms with E-state index in [4.69, 9.17) is 4.74 Å². The molecule has 0 radical (unpaired) electrons. The first-order valence-corrected chi connectivity index (χ1v) is 7.32. The minimum Gasteiger partial charge on any atom is -0.497 e. The first-order chi connectivity index (χ1) is 9.26. The molecule has 1 fully saturated rings. The van der Waals surface area contributed by atoms with Gasteiger partial charge < -0.3 is 4.74 Å². The minimum absolute atomic E-state index is 0.210. The van der Waals surface area contributed by atoms with Gasteiger partial charge in [0.2, 0.25) is 0 Å². The third kappa shape index (κ3) is 2.92. The van der Waals surface area contributed by atoms with Crippen LogP contribution in [-0.2, 0) is 5.41 Å². The number of nitriles is 1. The maximum Gasteiger partial charge on any atom is 0.118 e. The highest BCUT2D eigenvalue weighted by atomic mass is 16.5. The lowest BCUT2D eigenvalue weighted by Gasteiger charge is -2.10. The maximum absolute atomic E-state index is 9.53. The molecule has 0 aliphatic heterocycles. The minimum atomic E-state index is -0.210. The number of benzene rings is 1. The molecule has 0 bridgehead atoms. The summed E-state index contributed by atoms with van der Waals surface area (Å²) >= 11 is 0. The molecule has 102 valence electrons. The van der Waals surface area contributed by atoms with Crippen LogP contribution in [0.3, 0.4) is 0 Å². The summed E-state index contributed by atoms with van der Waals surface area (Å²) < 4.78 is 5.17. The van der Waals surface area contributed by atoms with Gasteiger partial charge in [0.1, 0.15) is 5.75 Å². The van der Waals surface area contributed by atoms with Gasteiger partial charge in [-0.2, -0.15) is 5.26 Å². The molecule has 1 aromatic carbocycles. The van der Waals surface area contributed by atoms with Crippen LogP contribution in [0.4, 0.5) is 0 Å². The molecule has 0 N–H and O–H groups in total. The monoisotopic (exact) mass is 257 g/mol. The van der Waals surface area contributed by atoms with E-state index in [0.29, 0.717) is 5.92 Å². The van der Waals surface area contributed by atoms with Crippen LogP contribution in [0.15, 0.2) is 24.3 Å². The molecule has 2 nitrogen and oxygen atoms in total.